The first-order valence-electron chi connectivity index (χ1n) is 9.68. The minimum Gasteiger partial charge on any atom is -0.494 e. The third kappa shape index (κ3) is 4.36. The van der Waals surface area contributed by atoms with Crippen LogP contribution in [0.25, 0.3) is 10.9 Å². The molecule has 2 heterocycles. The summed E-state index contributed by atoms with van der Waals surface area (Å²) in [5, 5.41) is 11.0. The van der Waals surface area contributed by atoms with Crippen molar-refractivity contribution in [2.75, 3.05) is 13.2 Å². The molecule has 3 N–H and O–H groups in total. The number of imidazole rings is 1. The fourth-order valence-corrected chi connectivity index (χ4v) is 3.40. The number of fused-ring (bicyclic) bond motifs is 1. The summed E-state index contributed by atoms with van der Waals surface area (Å²) in [7, 11) is 2.03. The van der Waals surface area contributed by atoms with Crippen molar-refractivity contribution in [1.29, 1.82) is 0 Å². The van der Waals surface area contributed by atoms with Gasteiger partial charge in [0.05, 0.1) is 25.6 Å². The molecule has 1 atom stereocenters. The number of unbranched alkanes of at least 4 members (excludes halogenated alkanes) is 1. The predicted molar refractivity (Wildman–Crippen MR) is 109 cm³/mol. The summed E-state index contributed by atoms with van der Waals surface area (Å²) in [5.74, 6) is 0.313. The summed E-state index contributed by atoms with van der Waals surface area (Å²) in [5.41, 5.74) is 7.82. The van der Waals surface area contributed by atoms with Crippen LogP contribution in [0.3, 0.4) is 0 Å². The molecule has 0 aliphatic carbocycles. The predicted octanol–water partition coefficient (Wildman–Crippen LogP) is 2.82. The van der Waals surface area contributed by atoms with E-state index in [0.29, 0.717) is 6.42 Å². The summed E-state index contributed by atoms with van der Waals surface area (Å²) in [4.78, 5) is 15.2. The maximum atomic E-state index is 11.2. The van der Waals surface area contributed by atoms with Gasteiger partial charge in [-0.2, -0.15) is 0 Å². The Kier molecular flexibility index (Phi) is 6.36. The zero-order chi connectivity index (χ0) is 20.1. The number of aliphatic hydroxyl groups excluding tert-OH is 1. The minimum absolute atomic E-state index is 0.0370. The summed E-state index contributed by atoms with van der Waals surface area (Å²) < 4.78 is 9.72. The first-order chi connectivity index (χ1) is 13.5. The van der Waals surface area contributed by atoms with Crippen molar-refractivity contribution in [2.45, 2.75) is 38.6 Å². The molecule has 7 nitrogen and oxygen atoms in total. The van der Waals surface area contributed by atoms with Crippen LogP contribution < -0.4 is 10.5 Å². The molecule has 1 unspecified atom stereocenters. The van der Waals surface area contributed by atoms with E-state index in [-0.39, 0.29) is 18.3 Å². The van der Waals surface area contributed by atoms with Crippen molar-refractivity contribution in [1.82, 2.24) is 14.1 Å². The zero-order valence-corrected chi connectivity index (χ0v) is 16.5. The first-order valence-corrected chi connectivity index (χ1v) is 9.68. The van der Waals surface area contributed by atoms with Crippen LogP contribution in [0.2, 0.25) is 0 Å². The summed E-state index contributed by atoms with van der Waals surface area (Å²) in [6.45, 7) is 2.83. The van der Waals surface area contributed by atoms with Crippen LogP contribution in [0, 0.1) is 0 Å². The highest BCUT2D eigenvalue weighted by atomic mass is 16.5. The van der Waals surface area contributed by atoms with Gasteiger partial charge in [-0.15, -0.1) is 0 Å². The molecule has 0 spiro atoms. The molecule has 0 fully saturated rings. The van der Waals surface area contributed by atoms with Crippen molar-refractivity contribution in [2.24, 2.45) is 12.8 Å². The Bertz CT molecular complexity index is 944. The molecule has 150 valence electrons. The number of aromatic nitrogens is 3. The highest BCUT2D eigenvalue weighted by Gasteiger charge is 2.15. The number of nitrogens with two attached hydrogens (primary N) is 1. The maximum absolute atomic E-state index is 11.2. The summed E-state index contributed by atoms with van der Waals surface area (Å²) >= 11 is 0. The molecule has 0 aliphatic rings. The Labute approximate surface area is 164 Å². The van der Waals surface area contributed by atoms with Gasteiger partial charge in [0, 0.05) is 30.3 Å². The van der Waals surface area contributed by atoms with Gasteiger partial charge >= 0.3 is 0 Å². The molecule has 3 aromatic rings. The van der Waals surface area contributed by atoms with Crippen LogP contribution in [-0.2, 0) is 13.5 Å². The van der Waals surface area contributed by atoms with E-state index in [9.17, 15) is 9.90 Å². The fraction of sp³-hybridized carbons (Fsp3) is 0.429. The van der Waals surface area contributed by atoms with Crippen LogP contribution in [0.5, 0.6) is 5.75 Å². The molecule has 0 aliphatic heterocycles. The van der Waals surface area contributed by atoms with Gasteiger partial charge < -0.3 is 24.7 Å². The molecular formula is C21H28N4O3. The molecule has 3 rings (SSSR count). The standard InChI is InChI=1S/C21H28N4O3/c1-3-4-9-28-17-7-8-20-18(10-17)15(11-24(20)2)5-6-16(13-26)25-12-19(21(22)27)23-14-25/h7-8,10-12,14,16,26H,3-6,9,13H2,1-2H3,(H2,22,27). The number of nitrogens with zero attached hydrogens (tertiary/aromatic N) is 3. The van der Waals surface area contributed by atoms with E-state index in [2.05, 4.69) is 34.8 Å². The normalized spacial score (nSPS) is 12.4. The number of benzene rings is 1. The van der Waals surface area contributed by atoms with E-state index in [0.717, 1.165) is 42.5 Å². The van der Waals surface area contributed by atoms with Crippen LogP contribution in [0.15, 0.2) is 36.9 Å². The van der Waals surface area contributed by atoms with Crippen molar-refractivity contribution in [3.63, 3.8) is 0 Å². The van der Waals surface area contributed by atoms with Crippen molar-refractivity contribution in [3.8, 4) is 5.75 Å². The van der Waals surface area contributed by atoms with Crippen LogP contribution in [-0.4, -0.2) is 38.3 Å². The number of hydrogen-bond acceptors (Lipinski definition) is 4. The largest absolute Gasteiger partial charge is 0.494 e. The van der Waals surface area contributed by atoms with Gasteiger partial charge in [0.25, 0.3) is 5.91 Å². The van der Waals surface area contributed by atoms with Crippen LogP contribution in [0.1, 0.15) is 48.3 Å². The average Bonchev–Trinajstić information content (AvgIpc) is 3.28. The SMILES string of the molecule is CCCCOc1ccc2c(c1)c(CCC(CO)n1cnc(C(N)=O)c1)cn2C. The highest BCUT2D eigenvalue weighted by Crippen LogP contribution is 2.28. The third-order valence-electron chi connectivity index (χ3n) is 5.04. The zero-order valence-electron chi connectivity index (χ0n) is 16.5. The Hall–Kier alpha value is -2.80. The van der Waals surface area contributed by atoms with E-state index in [4.69, 9.17) is 10.5 Å². The quantitative estimate of drug-likeness (QED) is 0.526. The van der Waals surface area contributed by atoms with Crippen molar-refractivity contribution in [3.05, 3.63) is 48.2 Å². The molecular weight excluding hydrogens is 356 g/mol. The second kappa shape index (κ2) is 8.93. The summed E-state index contributed by atoms with van der Waals surface area (Å²) in [6, 6.07) is 6.02. The smallest absolute Gasteiger partial charge is 0.268 e. The van der Waals surface area contributed by atoms with Gasteiger partial charge in [0.15, 0.2) is 0 Å². The number of aliphatic hydroxyl groups is 1. The topological polar surface area (TPSA) is 95.3 Å². The molecule has 1 aromatic carbocycles. The second-order valence-electron chi connectivity index (χ2n) is 7.09. The van der Waals surface area contributed by atoms with Crippen molar-refractivity contribution < 1.29 is 14.6 Å². The number of carbonyl (C=O) groups is 1. The lowest BCUT2D eigenvalue weighted by Crippen LogP contribution is -2.14. The minimum atomic E-state index is -0.569. The van der Waals surface area contributed by atoms with Crippen LogP contribution in [0.4, 0.5) is 0 Å². The third-order valence-corrected chi connectivity index (χ3v) is 5.04. The second-order valence-corrected chi connectivity index (χ2v) is 7.09. The molecule has 1 amide bonds. The molecule has 0 saturated carbocycles. The van der Waals surface area contributed by atoms with E-state index in [1.54, 1.807) is 17.1 Å². The average molecular weight is 384 g/mol. The van der Waals surface area contributed by atoms with Gasteiger partial charge in [-0.1, -0.05) is 13.3 Å². The lowest BCUT2D eigenvalue weighted by Gasteiger charge is -2.15. The number of aryl methyl sites for hydroxylation is 2. The molecule has 0 saturated heterocycles. The highest BCUT2D eigenvalue weighted by molar-refractivity contribution is 5.90. The Morgan fingerprint density at radius 2 is 2.18 bits per heavy atom. The number of rotatable bonds is 10. The molecule has 7 heteroatoms. The lowest BCUT2D eigenvalue weighted by molar-refractivity contribution is 0.0995. The Morgan fingerprint density at radius 3 is 2.86 bits per heavy atom. The molecule has 2 aromatic heterocycles. The number of ether oxygens (including phenoxy) is 1. The lowest BCUT2D eigenvalue weighted by atomic mass is 10.0. The van der Waals surface area contributed by atoms with Gasteiger partial charge in [-0.3, -0.25) is 4.79 Å². The fourth-order valence-electron chi connectivity index (χ4n) is 3.40. The van der Waals surface area contributed by atoms with Crippen molar-refractivity contribution >= 4 is 16.8 Å². The Balaban J connectivity index is 1.76. The monoisotopic (exact) mass is 384 g/mol. The van der Waals surface area contributed by atoms with E-state index in [1.807, 2.05) is 13.1 Å². The van der Waals surface area contributed by atoms with Gasteiger partial charge in [0.1, 0.15) is 11.4 Å². The number of carbonyl (C=O) groups excluding carboxylic acids is 1. The first kappa shape index (κ1) is 19.9. The molecule has 0 radical (unpaired) electrons. The van der Waals surface area contributed by atoms with E-state index < -0.39 is 5.91 Å². The molecule has 28 heavy (non-hydrogen) atoms. The summed E-state index contributed by atoms with van der Waals surface area (Å²) in [6.07, 6.45) is 8.90. The Morgan fingerprint density at radius 1 is 1.36 bits per heavy atom. The van der Waals surface area contributed by atoms with E-state index in [1.165, 1.54) is 5.56 Å². The number of amides is 1. The van der Waals surface area contributed by atoms with E-state index >= 15 is 0 Å². The van der Waals surface area contributed by atoms with Crippen LogP contribution >= 0.6 is 0 Å². The van der Waals surface area contributed by atoms with Gasteiger partial charge in [0.2, 0.25) is 0 Å². The van der Waals surface area contributed by atoms with Gasteiger partial charge in [-0.25, -0.2) is 4.98 Å². The molecule has 0 bridgehead atoms. The maximum Gasteiger partial charge on any atom is 0.268 e. The number of hydrogen-bond donors (Lipinski definition) is 2. The van der Waals surface area contributed by atoms with Gasteiger partial charge in [-0.05, 0) is 43.0 Å². The number of primary amides is 1.